The van der Waals surface area contributed by atoms with Crippen LogP contribution in [0.1, 0.15) is 77.6 Å². The Kier molecular flexibility index (Phi) is 22.3. The first kappa shape index (κ1) is 35.0. The van der Waals surface area contributed by atoms with Crippen molar-refractivity contribution in [1.82, 2.24) is 0 Å². The van der Waals surface area contributed by atoms with Crippen LogP contribution in [0.2, 0.25) is 0 Å². The Morgan fingerprint density at radius 3 is 1.66 bits per heavy atom. The number of alkyl halides is 2. The van der Waals surface area contributed by atoms with Crippen LogP contribution in [0.3, 0.4) is 0 Å². The number of ketones is 1. The highest BCUT2D eigenvalue weighted by atomic mass is 18.2. The summed E-state index contributed by atoms with van der Waals surface area (Å²) in [5.74, 6) is -4.15. The van der Waals surface area contributed by atoms with Crippen LogP contribution in [0.15, 0.2) is 0 Å². The van der Waals surface area contributed by atoms with E-state index in [0.717, 1.165) is 32.1 Å². The Hall–Kier alpha value is -2.18. The van der Waals surface area contributed by atoms with Crippen molar-refractivity contribution in [3.05, 3.63) is 0 Å². The third-order valence-corrected chi connectivity index (χ3v) is 5.25. The molecule has 0 aromatic heterocycles. The van der Waals surface area contributed by atoms with Gasteiger partial charge in [0.2, 0.25) is 0 Å². The monoisotopic (exact) mass is 510 g/mol. The Morgan fingerprint density at radius 2 is 1.23 bits per heavy atom. The molecule has 0 aromatic rings. The van der Waals surface area contributed by atoms with Gasteiger partial charge in [0, 0.05) is 13.0 Å². The van der Waals surface area contributed by atoms with Crippen molar-refractivity contribution in [2.75, 3.05) is 20.0 Å². The van der Waals surface area contributed by atoms with Gasteiger partial charge >= 0.3 is 17.9 Å². The van der Waals surface area contributed by atoms with Crippen LogP contribution >= 0.6 is 0 Å². The minimum absolute atomic E-state index is 0.186. The van der Waals surface area contributed by atoms with Crippen molar-refractivity contribution in [1.29, 1.82) is 0 Å². The Balaban J connectivity index is 0. The number of hydrogen-bond acceptors (Lipinski definition) is 7. The number of ether oxygens (including phenoxy) is 1. The number of carboxylic acids is 3. The predicted octanol–water partition coefficient (Wildman–Crippen LogP) is 2.70. The maximum Gasteiger partial charge on any atom is 0.332 e. The van der Waals surface area contributed by atoms with Crippen LogP contribution in [0.5, 0.6) is 0 Å². The topological polar surface area (TPSA) is 190 Å². The highest BCUT2D eigenvalue weighted by Gasteiger charge is 2.25. The van der Waals surface area contributed by atoms with E-state index in [9.17, 15) is 28.0 Å². The van der Waals surface area contributed by atoms with Gasteiger partial charge < -0.3 is 31.5 Å². The number of halogens is 2. The van der Waals surface area contributed by atoms with Crippen LogP contribution < -0.4 is 11.5 Å². The minimum Gasteiger partial charge on any atom is -0.481 e. The molecule has 10 nitrogen and oxygen atoms in total. The summed E-state index contributed by atoms with van der Waals surface area (Å²) in [6.07, 6.45) is 4.67. The molecule has 206 valence electrons. The fourth-order valence-corrected chi connectivity index (χ4v) is 3.00. The van der Waals surface area contributed by atoms with Gasteiger partial charge in [0.05, 0.1) is 25.3 Å². The molecular formula is C23H42F2N2O8. The molecule has 0 bridgehead atoms. The average Bonchev–Trinajstić information content (AvgIpc) is 2.79. The van der Waals surface area contributed by atoms with Crippen LogP contribution in [-0.4, -0.2) is 77.2 Å². The quantitative estimate of drug-likeness (QED) is 0.143. The molecule has 0 saturated carbocycles. The lowest BCUT2D eigenvalue weighted by molar-refractivity contribution is -0.152. The van der Waals surface area contributed by atoms with Gasteiger partial charge in [-0.05, 0) is 39.0 Å². The summed E-state index contributed by atoms with van der Waals surface area (Å²) < 4.78 is 28.7. The second-order valence-electron chi connectivity index (χ2n) is 8.36. The van der Waals surface area contributed by atoms with Crippen molar-refractivity contribution >= 4 is 23.7 Å². The van der Waals surface area contributed by atoms with E-state index in [-0.39, 0.29) is 38.6 Å². The molecule has 0 spiro atoms. The zero-order valence-electron chi connectivity index (χ0n) is 20.5. The number of nitrogens with two attached hydrogens (primary N) is 2. The maximum atomic E-state index is 11.8. The number of aliphatic carboxylic acids is 3. The fourth-order valence-electron chi connectivity index (χ4n) is 3.00. The van der Waals surface area contributed by atoms with E-state index in [1.54, 1.807) is 0 Å². The van der Waals surface area contributed by atoms with Gasteiger partial charge in [0.25, 0.3) is 0 Å². The molecular weight excluding hydrogens is 468 g/mol. The summed E-state index contributed by atoms with van der Waals surface area (Å²) in [4.78, 5) is 43.2. The van der Waals surface area contributed by atoms with Crippen molar-refractivity contribution in [2.24, 2.45) is 17.4 Å². The molecule has 0 heterocycles. The number of hydrogen-bond donors (Lipinski definition) is 5. The van der Waals surface area contributed by atoms with Gasteiger partial charge in [-0.25, -0.2) is 4.79 Å². The molecule has 0 rings (SSSR count). The second kappa shape index (κ2) is 22.3. The number of unbranched alkanes of at least 4 members (excludes halogenated alkanes) is 6. The highest BCUT2D eigenvalue weighted by molar-refractivity contribution is 5.82. The third-order valence-electron chi connectivity index (χ3n) is 5.25. The van der Waals surface area contributed by atoms with Crippen molar-refractivity contribution in [3.63, 3.8) is 0 Å². The van der Waals surface area contributed by atoms with Gasteiger partial charge in [0.1, 0.15) is 11.8 Å². The summed E-state index contributed by atoms with van der Waals surface area (Å²) in [7, 11) is 0. The van der Waals surface area contributed by atoms with E-state index in [1.165, 1.54) is 6.92 Å². The van der Waals surface area contributed by atoms with Gasteiger partial charge in [-0.3, -0.25) is 23.2 Å². The molecule has 0 radical (unpaired) electrons. The van der Waals surface area contributed by atoms with Crippen LogP contribution in [-0.2, 0) is 23.9 Å². The Labute approximate surface area is 205 Å². The third kappa shape index (κ3) is 20.9. The standard InChI is InChI=1S/C12H22FNO3.C11H20FNO5/c1-9(15)11(14)8-10(12(16)17)6-4-2-3-5-7-13;12-5-3-1-2-4-6-18-9(11(16)17)7-8(13)10(14)15/h10-11H,2-8,14H2,1H3,(H,16,17);8-9H,1-7,13H2,(H,14,15)(H,16,17)/i13-1;12-1. The lowest BCUT2D eigenvalue weighted by Crippen LogP contribution is -2.38. The van der Waals surface area contributed by atoms with Crippen molar-refractivity contribution < 1.29 is 48.0 Å². The fraction of sp³-hybridized carbons (Fsp3) is 0.826. The largest absolute Gasteiger partial charge is 0.481 e. The van der Waals surface area contributed by atoms with E-state index in [0.29, 0.717) is 25.7 Å². The lowest BCUT2D eigenvalue weighted by atomic mass is 9.93. The summed E-state index contributed by atoms with van der Waals surface area (Å²) in [6.45, 7) is 0.893. The number of carboxylic acid groups (broad SMARTS) is 3. The van der Waals surface area contributed by atoms with Crippen LogP contribution in [0.25, 0.3) is 0 Å². The molecule has 0 saturated heterocycles. The molecule has 7 N–H and O–H groups in total. The Morgan fingerprint density at radius 1 is 0.714 bits per heavy atom. The zero-order valence-corrected chi connectivity index (χ0v) is 20.5. The molecule has 0 fully saturated rings. The molecule has 0 aromatic carbocycles. The molecule has 0 amide bonds. The lowest BCUT2D eigenvalue weighted by Gasteiger charge is -2.15. The van der Waals surface area contributed by atoms with E-state index >= 15 is 0 Å². The number of carbonyl (C=O) groups is 4. The normalized spacial score (nSPS) is 14.2. The molecule has 4 unspecified atom stereocenters. The van der Waals surface area contributed by atoms with Gasteiger partial charge in [-0.2, -0.15) is 0 Å². The molecule has 12 heteroatoms. The SMILES string of the molecule is CC(=O)C(N)CC(CCCCCC[18F])C(=O)O.NC(CC(OCCCCCC[18F])C(=O)O)C(=O)O. The molecule has 35 heavy (non-hydrogen) atoms. The summed E-state index contributed by atoms with van der Waals surface area (Å²) in [6, 6.07) is -1.94. The smallest absolute Gasteiger partial charge is 0.332 e. The molecule has 4 atom stereocenters. The number of Topliss-reactive ketones (excluding diaryl/α,β-unsaturated/α-hetero) is 1. The first-order chi connectivity index (χ1) is 16.5. The van der Waals surface area contributed by atoms with E-state index in [4.69, 9.17) is 31.5 Å². The summed E-state index contributed by atoms with van der Waals surface area (Å²) >= 11 is 0. The van der Waals surface area contributed by atoms with Crippen molar-refractivity contribution in [2.45, 2.75) is 95.7 Å². The van der Waals surface area contributed by atoms with E-state index in [2.05, 4.69) is 0 Å². The molecule has 0 aliphatic heterocycles. The summed E-state index contributed by atoms with van der Waals surface area (Å²) in [5.41, 5.74) is 10.8. The average molecular weight is 511 g/mol. The molecule has 0 aliphatic rings. The zero-order chi connectivity index (χ0) is 27.2. The van der Waals surface area contributed by atoms with Crippen LogP contribution in [0.4, 0.5) is 8.78 Å². The van der Waals surface area contributed by atoms with Crippen molar-refractivity contribution in [3.8, 4) is 0 Å². The van der Waals surface area contributed by atoms with Gasteiger partial charge in [0.15, 0.2) is 6.10 Å². The highest BCUT2D eigenvalue weighted by Crippen LogP contribution is 2.16. The van der Waals surface area contributed by atoms with E-state index < -0.39 is 42.0 Å². The molecule has 0 aliphatic carbocycles. The van der Waals surface area contributed by atoms with E-state index in [1.807, 2.05) is 0 Å². The maximum absolute atomic E-state index is 11.8. The van der Waals surface area contributed by atoms with Gasteiger partial charge in [-0.15, -0.1) is 0 Å². The van der Waals surface area contributed by atoms with Gasteiger partial charge in [-0.1, -0.05) is 32.1 Å². The van der Waals surface area contributed by atoms with Crippen LogP contribution in [0, 0.1) is 5.92 Å². The summed E-state index contributed by atoms with van der Waals surface area (Å²) in [5, 5.41) is 26.4. The second-order valence-corrected chi connectivity index (χ2v) is 8.36. The number of rotatable bonds is 21. The first-order valence-electron chi connectivity index (χ1n) is 11.9. The number of carbonyl (C=O) groups excluding carboxylic acids is 1. The Bertz CT molecular complexity index is 610. The predicted molar refractivity (Wildman–Crippen MR) is 126 cm³/mol. The first-order valence-corrected chi connectivity index (χ1v) is 11.9. The minimum atomic E-state index is -1.26.